The summed E-state index contributed by atoms with van der Waals surface area (Å²) in [4.78, 5) is 13.1. The lowest BCUT2D eigenvalue weighted by Crippen LogP contribution is -3.09. The van der Waals surface area contributed by atoms with E-state index in [9.17, 15) is 14.4 Å². The Bertz CT molecular complexity index is 548. The molecule has 0 bridgehead atoms. The Labute approximate surface area is 124 Å². The predicted octanol–water partition coefficient (Wildman–Crippen LogP) is 0.649. The number of hydrogen-bond donors (Lipinski definition) is 2. The van der Waals surface area contributed by atoms with E-state index in [2.05, 4.69) is 11.4 Å². The van der Waals surface area contributed by atoms with Crippen molar-refractivity contribution in [1.29, 1.82) is 5.26 Å². The summed E-state index contributed by atoms with van der Waals surface area (Å²) < 4.78 is 12.8. The lowest BCUT2D eigenvalue weighted by molar-refractivity contribution is -0.885. The van der Waals surface area contributed by atoms with E-state index in [1.807, 2.05) is 7.05 Å². The van der Waals surface area contributed by atoms with Gasteiger partial charge in [-0.15, -0.1) is 0 Å². The highest BCUT2D eigenvalue weighted by Gasteiger charge is 2.43. The third-order valence-electron chi connectivity index (χ3n) is 3.91. The average Bonchev–Trinajstić information content (AvgIpc) is 3.25. The van der Waals surface area contributed by atoms with Gasteiger partial charge in [0.15, 0.2) is 6.54 Å². The first-order valence-electron chi connectivity index (χ1n) is 7.21. The van der Waals surface area contributed by atoms with Crippen LogP contribution in [0, 0.1) is 23.1 Å². The van der Waals surface area contributed by atoms with E-state index in [0.717, 1.165) is 23.3 Å². The number of carbonyl (C=O) groups is 1. The molecule has 2 rings (SSSR count). The topological polar surface area (TPSA) is 57.3 Å². The molecule has 0 radical (unpaired) electrons. The van der Waals surface area contributed by atoms with Crippen LogP contribution in [0.3, 0.4) is 0 Å². The zero-order valence-electron chi connectivity index (χ0n) is 12.4. The van der Waals surface area contributed by atoms with Gasteiger partial charge < -0.3 is 10.2 Å². The molecule has 112 valence electrons. The Hall–Kier alpha value is -1.93. The highest BCUT2D eigenvalue weighted by molar-refractivity contribution is 5.78. The number of nitrogens with zero attached hydrogens (tertiary/aromatic N) is 1. The minimum absolute atomic E-state index is 0.120. The molecule has 2 N–H and O–H groups in total. The third-order valence-corrected chi connectivity index (χ3v) is 3.91. The SMILES string of the molecule is C[NH+](CC(=O)N[C@](C)(C#N)C1CC1)Cc1ccc(F)cc1. The Balaban J connectivity index is 1.84. The van der Waals surface area contributed by atoms with Crippen molar-refractivity contribution in [3.63, 3.8) is 0 Å². The number of likely N-dealkylation sites (N-methyl/N-ethyl adjacent to an activating group) is 1. The van der Waals surface area contributed by atoms with E-state index in [4.69, 9.17) is 0 Å². The Morgan fingerprint density at radius 1 is 1.48 bits per heavy atom. The van der Waals surface area contributed by atoms with Gasteiger partial charge in [0, 0.05) is 5.56 Å². The van der Waals surface area contributed by atoms with Crippen molar-refractivity contribution in [3.05, 3.63) is 35.6 Å². The zero-order valence-corrected chi connectivity index (χ0v) is 12.4. The van der Waals surface area contributed by atoms with Crippen LogP contribution in [-0.4, -0.2) is 25.0 Å². The van der Waals surface area contributed by atoms with Crippen LogP contribution < -0.4 is 10.2 Å². The van der Waals surface area contributed by atoms with Gasteiger partial charge in [0.1, 0.15) is 17.9 Å². The fraction of sp³-hybridized carbons (Fsp3) is 0.500. The maximum atomic E-state index is 12.8. The molecule has 21 heavy (non-hydrogen) atoms. The molecule has 1 aromatic rings. The van der Waals surface area contributed by atoms with E-state index >= 15 is 0 Å². The van der Waals surface area contributed by atoms with Crippen molar-refractivity contribution >= 4 is 5.91 Å². The van der Waals surface area contributed by atoms with Gasteiger partial charge in [0.05, 0.1) is 13.1 Å². The van der Waals surface area contributed by atoms with Crippen LogP contribution in [0.1, 0.15) is 25.3 Å². The van der Waals surface area contributed by atoms with Crippen LogP contribution in [0.4, 0.5) is 4.39 Å². The second-order valence-electron chi connectivity index (χ2n) is 6.07. The van der Waals surface area contributed by atoms with E-state index < -0.39 is 5.54 Å². The number of benzene rings is 1. The summed E-state index contributed by atoms with van der Waals surface area (Å²) in [6.45, 7) is 2.72. The predicted molar refractivity (Wildman–Crippen MR) is 76.7 cm³/mol. The molecular weight excluding hydrogens is 269 g/mol. The van der Waals surface area contributed by atoms with Crippen LogP contribution in [-0.2, 0) is 11.3 Å². The molecule has 4 nitrogen and oxygen atoms in total. The van der Waals surface area contributed by atoms with Crippen LogP contribution >= 0.6 is 0 Å². The molecule has 1 unspecified atom stereocenters. The van der Waals surface area contributed by atoms with Crippen molar-refractivity contribution in [2.24, 2.45) is 5.92 Å². The number of quaternary nitrogens is 1. The van der Waals surface area contributed by atoms with E-state index in [1.54, 1.807) is 19.1 Å². The normalized spacial score (nSPS) is 18.4. The van der Waals surface area contributed by atoms with Gasteiger partial charge >= 0.3 is 0 Å². The highest BCUT2D eigenvalue weighted by Crippen LogP contribution is 2.39. The van der Waals surface area contributed by atoms with Gasteiger partial charge in [-0.05, 0) is 37.8 Å². The number of carbonyl (C=O) groups excluding carboxylic acids is 1. The summed E-state index contributed by atoms with van der Waals surface area (Å²) in [7, 11) is 1.91. The lowest BCUT2D eigenvalue weighted by Gasteiger charge is -2.23. The minimum atomic E-state index is -0.743. The van der Waals surface area contributed by atoms with Crippen LogP contribution in [0.25, 0.3) is 0 Å². The van der Waals surface area contributed by atoms with E-state index in [0.29, 0.717) is 13.1 Å². The summed E-state index contributed by atoms with van der Waals surface area (Å²) in [5.41, 5.74) is 0.236. The van der Waals surface area contributed by atoms with Gasteiger partial charge in [-0.25, -0.2) is 4.39 Å². The Morgan fingerprint density at radius 2 is 2.10 bits per heavy atom. The largest absolute Gasteiger partial charge is 0.333 e. The lowest BCUT2D eigenvalue weighted by atomic mass is 9.98. The van der Waals surface area contributed by atoms with Crippen molar-refractivity contribution in [2.75, 3.05) is 13.6 Å². The number of hydrogen-bond acceptors (Lipinski definition) is 2. The first-order chi connectivity index (χ1) is 9.93. The van der Waals surface area contributed by atoms with Crippen LogP contribution in [0.5, 0.6) is 0 Å². The zero-order chi connectivity index (χ0) is 15.5. The number of halogens is 1. The number of amides is 1. The number of nitrogens with one attached hydrogen (secondary N) is 2. The maximum Gasteiger partial charge on any atom is 0.276 e. The molecule has 1 aliphatic carbocycles. The monoisotopic (exact) mass is 290 g/mol. The molecule has 2 atom stereocenters. The van der Waals surface area contributed by atoms with Gasteiger partial charge in [-0.2, -0.15) is 5.26 Å². The van der Waals surface area contributed by atoms with Crippen LogP contribution in [0.2, 0.25) is 0 Å². The Kier molecular flexibility index (Phi) is 4.59. The van der Waals surface area contributed by atoms with Crippen molar-refractivity contribution < 1.29 is 14.1 Å². The van der Waals surface area contributed by atoms with Gasteiger partial charge in [-0.1, -0.05) is 12.1 Å². The quantitative estimate of drug-likeness (QED) is 0.808. The summed E-state index contributed by atoms with van der Waals surface area (Å²) in [6, 6.07) is 8.50. The number of rotatable bonds is 6. The molecule has 5 heteroatoms. The maximum absolute atomic E-state index is 12.8. The van der Waals surface area contributed by atoms with Gasteiger partial charge in [-0.3, -0.25) is 4.79 Å². The minimum Gasteiger partial charge on any atom is -0.333 e. The molecule has 0 heterocycles. The third kappa shape index (κ3) is 4.27. The summed E-state index contributed by atoms with van der Waals surface area (Å²) in [6.07, 6.45) is 2.01. The molecule has 0 saturated heterocycles. The number of nitriles is 1. The smallest absolute Gasteiger partial charge is 0.276 e. The fourth-order valence-corrected chi connectivity index (χ4v) is 2.50. The van der Waals surface area contributed by atoms with Crippen molar-refractivity contribution in [1.82, 2.24) is 5.32 Å². The molecule has 1 amide bonds. The molecule has 0 aliphatic heterocycles. The molecule has 1 aliphatic rings. The van der Waals surface area contributed by atoms with Crippen LogP contribution in [0.15, 0.2) is 24.3 Å². The molecule has 0 spiro atoms. The summed E-state index contributed by atoms with van der Waals surface area (Å²) in [5, 5.41) is 12.1. The van der Waals surface area contributed by atoms with Gasteiger partial charge in [0.25, 0.3) is 5.91 Å². The molecular formula is C16H21FN3O+. The molecule has 1 aromatic carbocycles. The standard InChI is InChI=1S/C16H20FN3O/c1-16(11-18,13-5-6-13)19-15(21)10-20(2)9-12-3-7-14(17)8-4-12/h3-4,7-8,13H,5-6,9-10H2,1-2H3,(H,19,21)/p+1/t16-/m1/s1. The second kappa shape index (κ2) is 6.23. The Morgan fingerprint density at radius 3 is 2.62 bits per heavy atom. The van der Waals surface area contributed by atoms with E-state index in [1.165, 1.54) is 12.1 Å². The summed E-state index contributed by atoms with van der Waals surface area (Å²) >= 11 is 0. The van der Waals surface area contributed by atoms with Crippen molar-refractivity contribution in [3.8, 4) is 6.07 Å². The molecule has 1 fully saturated rings. The van der Waals surface area contributed by atoms with Crippen molar-refractivity contribution in [2.45, 2.75) is 31.8 Å². The molecule has 0 aromatic heterocycles. The fourth-order valence-electron chi connectivity index (χ4n) is 2.50. The first-order valence-corrected chi connectivity index (χ1v) is 7.21. The van der Waals surface area contributed by atoms with Gasteiger partial charge in [0.2, 0.25) is 0 Å². The summed E-state index contributed by atoms with van der Waals surface area (Å²) in [5.74, 6) is -0.0993. The highest BCUT2D eigenvalue weighted by atomic mass is 19.1. The second-order valence-corrected chi connectivity index (χ2v) is 6.07. The van der Waals surface area contributed by atoms with E-state index in [-0.39, 0.29) is 17.6 Å². The molecule has 1 saturated carbocycles. The average molecular weight is 290 g/mol. The first kappa shape index (κ1) is 15.5.